The number of aryl methyl sites for hydroxylation is 1. The number of aliphatic hydroxyl groups is 1. The first-order valence-electron chi connectivity index (χ1n) is 9.61. The summed E-state index contributed by atoms with van der Waals surface area (Å²) in [6, 6.07) is 5.15. The van der Waals surface area contributed by atoms with Crippen LogP contribution >= 0.6 is 0 Å². The Balaban J connectivity index is 1.91. The maximum Gasteiger partial charge on any atom is 0.226 e. The predicted octanol–water partition coefficient (Wildman–Crippen LogP) is 2.25. The van der Waals surface area contributed by atoms with E-state index in [0.29, 0.717) is 30.1 Å². The molecule has 3 heterocycles. The topological polar surface area (TPSA) is 101 Å². The van der Waals surface area contributed by atoms with Crippen LogP contribution in [0.4, 0.5) is 5.95 Å². The third-order valence-electron chi connectivity index (χ3n) is 5.37. The summed E-state index contributed by atoms with van der Waals surface area (Å²) in [5.74, 6) is 1.78. The highest BCUT2D eigenvalue weighted by Crippen LogP contribution is 2.37. The monoisotopic (exact) mass is 415 g/mol. The Morgan fingerprint density at radius 1 is 1.24 bits per heavy atom. The van der Waals surface area contributed by atoms with E-state index in [0.717, 1.165) is 23.3 Å². The summed E-state index contributed by atoms with van der Waals surface area (Å²) >= 11 is 0. The molecule has 1 atom stereocenters. The third kappa shape index (κ3) is 3.38. The van der Waals surface area contributed by atoms with Crippen molar-refractivity contribution in [1.82, 2.24) is 19.5 Å². The molecule has 8 nitrogen and oxygen atoms in total. The van der Waals surface area contributed by atoms with Crippen LogP contribution in [-0.4, -0.2) is 45.8 Å². The van der Waals surface area contributed by atoms with Gasteiger partial charge in [-0.15, -0.1) is 0 Å². The lowest BCUT2D eigenvalue weighted by molar-refractivity contribution is 0.278. The standard InChI is InChI=1S/C20H25N5O3S/c1-12(2)18-19-23-15-9-14(11-26)17(29(4,27)28)10-16(15)24(19)7-8-25(18)20-21-6-5-13(3)22-20/h5-6,9-10,12,18,26H,7-8,11H2,1-4H3/t18-/m0/s1. The Morgan fingerprint density at radius 2 is 2.00 bits per heavy atom. The van der Waals surface area contributed by atoms with Crippen molar-refractivity contribution in [1.29, 1.82) is 0 Å². The Morgan fingerprint density at radius 3 is 2.62 bits per heavy atom. The van der Waals surface area contributed by atoms with Crippen molar-refractivity contribution in [3.8, 4) is 0 Å². The van der Waals surface area contributed by atoms with Crippen LogP contribution in [0.15, 0.2) is 29.3 Å². The Hall–Kier alpha value is -2.52. The van der Waals surface area contributed by atoms with Crippen molar-refractivity contribution in [2.24, 2.45) is 5.92 Å². The zero-order valence-electron chi connectivity index (χ0n) is 17.0. The summed E-state index contributed by atoms with van der Waals surface area (Å²) in [7, 11) is -3.46. The largest absolute Gasteiger partial charge is 0.392 e. The van der Waals surface area contributed by atoms with Crippen LogP contribution < -0.4 is 4.90 Å². The molecule has 1 aliphatic rings. The van der Waals surface area contributed by atoms with E-state index in [1.165, 1.54) is 0 Å². The van der Waals surface area contributed by atoms with Gasteiger partial charge in [-0.05, 0) is 36.6 Å². The van der Waals surface area contributed by atoms with Gasteiger partial charge in [0, 0.05) is 31.2 Å². The number of sulfone groups is 1. The lowest BCUT2D eigenvalue weighted by atomic mass is 10.00. The molecular weight excluding hydrogens is 390 g/mol. The second-order valence-corrected chi connectivity index (χ2v) is 9.86. The number of aromatic nitrogens is 4. The molecule has 0 aliphatic carbocycles. The third-order valence-corrected chi connectivity index (χ3v) is 6.54. The van der Waals surface area contributed by atoms with Gasteiger partial charge in [-0.3, -0.25) is 0 Å². The van der Waals surface area contributed by atoms with Gasteiger partial charge in [0.05, 0.1) is 28.6 Å². The Bertz CT molecular complexity index is 1190. The number of hydrogen-bond acceptors (Lipinski definition) is 7. The summed E-state index contributed by atoms with van der Waals surface area (Å²) < 4.78 is 26.5. The molecule has 4 rings (SSSR count). The fourth-order valence-corrected chi connectivity index (χ4v) is 5.01. The molecule has 0 radical (unpaired) electrons. The van der Waals surface area contributed by atoms with E-state index in [2.05, 4.69) is 33.3 Å². The van der Waals surface area contributed by atoms with Gasteiger partial charge in [-0.25, -0.2) is 23.4 Å². The molecule has 9 heteroatoms. The molecule has 3 aromatic rings. The fourth-order valence-electron chi connectivity index (χ4n) is 4.09. The highest BCUT2D eigenvalue weighted by molar-refractivity contribution is 7.90. The van der Waals surface area contributed by atoms with Gasteiger partial charge in [-0.2, -0.15) is 0 Å². The number of aliphatic hydroxyl groups excluding tert-OH is 1. The number of benzene rings is 1. The molecule has 1 aliphatic heterocycles. The molecule has 154 valence electrons. The molecule has 0 bridgehead atoms. The lowest BCUT2D eigenvalue weighted by Crippen LogP contribution is -2.41. The van der Waals surface area contributed by atoms with Crippen LogP contribution in [0.1, 0.15) is 37.0 Å². The zero-order valence-corrected chi connectivity index (χ0v) is 17.8. The maximum atomic E-state index is 12.2. The minimum atomic E-state index is -3.46. The van der Waals surface area contributed by atoms with Crippen LogP contribution in [0, 0.1) is 12.8 Å². The predicted molar refractivity (Wildman–Crippen MR) is 110 cm³/mol. The summed E-state index contributed by atoms with van der Waals surface area (Å²) in [6.07, 6.45) is 2.92. The molecule has 0 saturated heterocycles. The van der Waals surface area contributed by atoms with Crippen LogP contribution in [-0.2, 0) is 23.0 Å². The van der Waals surface area contributed by atoms with E-state index in [9.17, 15) is 13.5 Å². The Kier molecular flexibility index (Phi) is 4.82. The fraction of sp³-hybridized carbons (Fsp3) is 0.450. The summed E-state index contributed by atoms with van der Waals surface area (Å²) in [4.78, 5) is 16.2. The normalized spacial score (nSPS) is 17.2. The first kappa shape index (κ1) is 19.8. The average Bonchev–Trinajstić information content (AvgIpc) is 3.02. The molecule has 0 spiro atoms. The van der Waals surface area contributed by atoms with Crippen LogP contribution in [0.3, 0.4) is 0 Å². The molecule has 2 aromatic heterocycles. The molecule has 0 fully saturated rings. The number of hydrogen-bond donors (Lipinski definition) is 1. The van der Waals surface area contributed by atoms with Gasteiger partial charge in [0.1, 0.15) is 5.82 Å². The number of rotatable bonds is 4. The van der Waals surface area contributed by atoms with E-state index in [-0.39, 0.29) is 23.5 Å². The van der Waals surface area contributed by atoms with Crippen molar-refractivity contribution < 1.29 is 13.5 Å². The highest BCUT2D eigenvalue weighted by Gasteiger charge is 2.34. The van der Waals surface area contributed by atoms with Crippen LogP contribution in [0.25, 0.3) is 11.0 Å². The van der Waals surface area contributed by atoms with E-state index in [1.54, 1.807) is 18.3 Å². The molecule has 0 unspecified atom stereocenters. The molecule has 0 saturated carbocycles. The van der Waals surface area contributed by atoms with Crippen molar-refractivity contribution in [2.45, 2.75) is 44.9 Å². The van der Waals surface area contributed by atoms with Gasteiger partial charge in [0.25, 0.3) is 0 Å². The summed E-state index contributed by atoms with van der Waals surface area (Å²) in [5, 5.41) is 9.68. The number of anilines is 1. The molecular formula is C20H25N5O3S. The lowest BCUT2D eigenvalue weighted by Gasteiger charge is -2.38. The smallest absolute Gasteiger partial charge is 0.226 e. The van der Waals surface area contributed by atoms with Gasteiger partial charge >= 0.3 is 0 Å². The van der Waals surface area contributed by atoms with Gasteiger partial charge in [0.15, 0.2) is 9.84 Å². The zero-order chi connectivity index (χ0) is 20.9. The SMILES string of the molecule is Cc1ccnc(N2CCn3c(nc4cc(CO)c(S(C)(=O)=O)cc43)[C@@H]2C(C)C)n1. The van der Waals surface area contributed by atoms with E-state index in [4.69, 9.17) is 4.98 Å². The van der Waals surface area contributed by atoms with Crippen molar-refractivity contribution in [3.63, 3.8) is 0 Å². The van der Waals surface area contributed by atoms with Gasteiger partial charge in [0.2, 0.25) is 5.95 Å². The average molecular weight is 416 g/mol. The first-order valence-corrected chi connectivity index (χ1v) is 11.5. The van der Waals surface area contributed by atoms with Gasteiger partial charge < -0.3 is 14.6 Å². The second-order valence-electron chi connectivity index (χ2n) is 7.88. The first-order chi connectivity index (χ1) is 13.7. The van der Waals surface area contributed by atoms with E-state index in [1.807, 2.05) is 13.0 Å². The number of imidazole rings is 1. The maximum absolute atomic E-state index is 12.2. The minimum Gasteiger partial charge on any atom is -0.392 e. The molecule has 1 N–H and O–H groups in total. The van der Waals surface area contributed by atoms with Gasteiger partial charge in [-0.1, -0.05) is 13.8 Å². The summed E-state index contributed by atoms with van der Waals surface area (Å²) in [6.45, 7) is 7.19. The Labute approximate surface area is 170 Å². The second kappa shape index (κ2) is 7.07. The van der Waals surface area contributed by atoms with E-state index < -0.39 is 9.84 Å². The van der Waals surface area contributed by atoms with E-state index >= 15 is 0 Å². The van der Waals surface area contributed by atoms with Crippen molar-refractivity contribution in [3.05, 3.63) is 41.5 Å². The molecule has 0 amide bonds. The molecule has 1 aromatic carbocycles. The van der Waals surface area contributed by atoms with Crippen LogP contribution in [0.5, 0.6) is 0 Å². The van der Waals surface area contributed by atoms with Crippen molar-refractivity contribution >= 4 is 26.8 Å². The van der Waals surface area contributed by atoms with Crippen molar-refractivity contribution in [2.75, 3.05) is 17.7 Å². The highest BCUT2D eigenvalue weighted by atomic mass is 32.2. The number of fused-ring (bicyclic) bond motifs is 3. The minimum absolute atomic E-state index is 0.0442. The number of nitrogens with zero attached hydrogens (tertiary/aromatic N) is 5. The quantitative estimate of drug-likeness (QED) is 0.697. The molecule has 29 heavy (non-hydrogen) atoms. The van der Waals surface area contributed by atoms with Crippen LogP contribution in [0.2, 0.25) is 0 Å². The summed E-state index contributed by atoms with van der Waals surface area (Å²) in [5.41, 5.74) is 2.74.